The van der Waals surface area contributed by atoms with Gasteiger partial charge in [-0.25, -0.2) is 4.98 Å². The summed E-state index contributed by atoms with van der Waals surface area (Å²) >= 11 is 6.04. The van der Waals surface area contributed by atoms with Gasteiger partial charge in [-0.1, -0.05) is 67.9 Å². The van der Waals surface area contributed by atoms with Crippen molar-refractivity contribution in [2.45, 2.75) is 20.3 Å². The highest BCUT2D eigenvalue weighted by atomic mass is 35.5. The molecule has 0 aliphatic heterocycles. The van der Waals surface area contributed by atoms with Crippen LogP contribution in [0, 0.1) is 5.92 Å². The highest BCUT2D eigenvalue weighted by Crippen LogP contribution is 2.32. The molecule has 0 amide bonds. The molecule has 25 heavy (non-hydrogen) atoms. The fourth-order valence-corrected chi connectivity index (χ4v) is 3.59. The molecule has 0 aliphatic rings. The standard InChI is InChI=1S/C23H20ClN/c1-15(2)13-18-14-22(17-7-10-19(24)11-8-17)25-21-12-9-16-5-3-4-6-20(16)23(18)21/h3-12,14-15H,13H2,1-2H3. The van der Waals surface area contributed by atoms with Gasteiger partial charge in [-0.2, -0.15) is 0 Å². The van der Waals surface area contributed by atoms with Crippen LogP contribution in [0.15, 0.2) is 66.7 Å². The van der Waals surface area contributed by atoms with Crippen molar-refractivity contribution in [3.63, 3.8) is 0 Å². The van der Waals surface area contributed by atoms with Crippen LogP contribution in [0.4, 0.5) is 0 Å². The van der Waals surface area contributed by atoms with E-state index in [4.69, 9.17) is 16.6 Å². The quantitative estimate of drug-likeness (QED) is 0.368. The first-order valence-corrected chi connectivity index (χ1v) is 9.07. The van der Waals surface area contributed by atoms with E-state index >= 15 is 0 Å². The Balaban J connectivity index is 2.01. The van der Waals surface area contributed by atoms with Crippen LogP contribution in [-0.4, -0.2) is 4.98 Å². The maximum atomic E-state index is 6.04. The highest BCUT2D eigenvalue weighted by molar-refractivity contribution is 6.30. The molecule has 0 spiro atoms. The van der Waals surface area contributed by atoms with E-state index in [9.17, 15) is 0 Å². The first-order chi connectivity index (χ1) is 12.1. The maximum absolute atomic E-state index is 6.04. The molecule has 0 aliphatic carbocycles. The summed E-state index contributed by atoms with van der Waals surface area (Å²) in [5.41, 5.74) is 4.53. The van der Waals surface area contributed by atoms with Gasteiger partial charge in [0.05, 0.1) is 11.2 Å². The van der Waals surface area contributed by atoms with Crippen LogP contribution in [-0.2, 0) is 6.42 Å². The molecule has 4 rings (SSSR count). The van der Waals surface area contributed by atoms with Crippen LogP contribution >= 0.6 is 11.6 Å². The molecule has 0 atom stereocenters. The van der Waals surface area contributed by atoms with Gasteiger partial charge in [-0.05, 0) is 52.9 Å². The third kappa shape index (κ3) is 3.12. The molecule has 0 N–H and O–H groups in total. The average Bonchev–Trinajstić information content (AvgIpc) is 2.61. The molecule has 0 unspecified atom stereocenters. The van der Waals surface area contributed by atoms with Gasteiger partial charge >= 0.3 is 0 Å². The number of nitrogens with zero attached hydrogens (tertiary/aromatic N) is 1. The molecule has 0 saturated carbocycles. The fraction of sp³-hybridized carbons (Fsp3) is 0.174. The molecule has 2 heteroatoms. The van der Waals surface area contributed by atoms with Gasteiger partial charge in [0.2, 0.25) is 0 Å². The van der Waals surface area contributed by atoms with Crippen molar-refractivity contribution in [2.24, 2.45) is 5.92 Å². The van der Waals surface area contributed by atoms with Crippen molar-refractivity contribution in [3.8, 4) is 11.3 Å². The van der Waals surface area contributed by atoms with Gasteiger partial charge < -0.3 is 0 Å². The van der Waals surface area contributed by atoms with E-state index in [0.29, 0.717) is 5.92 Å². The number of rotatable bonds is 3. The summed E-state index contributed by atoms with van der Waals surface area (Å²) < 4.78 is 0. The van der Waals surface area contributed by atoms with Crippen LogP contribution in [0.2, 0.25) is 5.02 Å². The number of benzene rings is 3. The van der Waals surface area contributed by atoms with Crippen LogP contribution in [0.1, 0.15) is 19.4 Å². The van der Waals surface area contributed by atoms with E-state index in [-0.39, 0.29) is 0 Å². The second-order valence-electron chi connectivity index (χ2n) is 6.95. The second kappa shape index (κ2) is 6.50. The SMILES string of the molecule is CC(C)Cc1cc(-c2ccc(Cl)cc2)nc2ccc3ccccc3c12. The maximum Gasteiger partial charge on any atom is 0.0718 e. The zero-order chi connectivity index (χ0) is 17.4. The molecular formula is C23H20ClN. The molecule has 0 fully saturated rings. The van der Waals surface area contributed by atoms with Crippen molar-refractivity contribution in [2.75, 3.05) is 0 Å². The minimum atomic E-state index is 0.586. The smallest absolute Gasteiger partial charge is 0.0718 e. The molecule has 0 bridgehead atoms. The molecule has 0 saturated heterocycles. The Morgan fingerprint density at radius 3 is 2.44 bits per heavy atom. The summed E-state index contributed by atoms with van der Waals surface area (Å²) in [5, 5.41) is 4.58. The highest BCUT2D eigenvalue weighted by Gasteiger charge is 2.12. The molecule has 1 aromatic heterocycles. The third-order valence-corrected chi connectivity index (χ3v) is 4.80. The summed E-state index contributed by atoms with van der Waals surface area (Å²) in [6.07, 6.45) is 1.04. The Morgan fingerprint density at radius 1 is 0.920 bits per heavy atom. The van der Waals surface area contributed by atoms with Crippen LogP contribution in [0.5, 0.6) is 0 Å². The van der Waals surface area contributed by atoms with Crippen molar-refractivity contribution in [1.82, 2.24) is 4.98 Å². The van der Waals surface area contributed by atoms with E-state index in [1.165, 1.54) is 21.7 Å². The lowest BCUT2D eigenvalue weighted by Crippen LogP contribution is -1.98. The Hall–Kier alpha value is -2.38. The topological polar surface area (TPSA) is 12.9 Å². The van der Waals surface area contributed by atoms with Crippen molar-refractivity contribution in [1.29, 1.82) is 0 Å². The molecule has 4 aromatic rings. The largest absolute Gasteiger partial charge is 0.248 e. The van der Waals surface area contributed by atoms with Crippen LogP contribution in [0.25, 0.3) is 32.9 Å². The number of pyridine rings is 1. The average molecular weight is 346 g/mol. The van der Waals surface area contributed by atoms with E-state index in [1.54, 1.807) is 0 Å². The van der Waals surface area contributed by atoms with Gasteiger partial charge in [-0.15, -0.1) is 0 Å². The van der Waals surface area contributed by atoms with Gasteiger partial charge in [0.15, 0.2) is 0 Å². The van der Waals surface area contributed by atoms with Gasteiger partial charge in [0.25, 0.3) is 0 Å². The summed E-state index contributed by atoms with van der Waals surface area (Å²) in [7, 11) is 0. The van der Waals surface area contributed by atoms with E-state index in [0.717, 1.165) is 28.2 Å². The predicted molar refractivity (Wildman–Crippen MR) is 108 cm³/mol. The Morgan fingerprint density at radius 2 is 1.68 bits per heavy atom. The fourth-order valence-electron chi connectivity index (χ4n) is 3.46. The Bertz CT molecular complexity index is 1050. The van der Waals surface area contributed by atoms with Crippen molar-refractivity contribution < 1.29 is 0 Å². The van der Waals surface area contributed by atoms with Crippen LogP contribution < -0.4 is 0 Å². The number of aromatic nitrogens is 1. The van der Waals surface area contributed by atoms with Gasteiger partial charge in [0, 0.05) is 16.0 Å². The Labute approximate surface area is 153 Å². The normalized spacial score (nSPS) is 11.5. The van der Waals surface area contributed by atoms with E-state index in [1.807, 2.05) is 24.3 Å². The molecule has 1 nitrogen and oxygen atoms in total. The van der Waals surface area contributed by atoms with E-state index in [2.05, 4.69) is 56.3 Å². The van der Waals surface area contributed by atoms with Crippen molar-refractivity contribution >= 4 is 33.3 Å². The first-order valence-electron chi connectivity index (χ1n) is 8.69. The number of halogens is 1. The lowest BCUT2D eigenvalue weighted by Gasteiger charge is -2.14. The summed E-state index contributed by atoms with van der Waals surface area (Å²) in [5.74, 6) is 0.586. The summed E-state index contributed by atoms with van der Waals surface area (Å²) in [6.45, 7) is 4.53. The van der Waals surface area contributed by atoms with Crippen LogP contribution in [0.3, 0.4) is 0 Å². The van der Waals surface area contributed by atoms with Gasteiger partial charge in [-0.3, -0.25) is 0 Å². The predicted octanol–water partition coefficient (Wildman–Crippen LogP) is 6.91. The third-order valence-electron chi connectivity index (χ3n) is 4.55. The number of hydrogen-bond acceptors (Lipinski definition) is 1. The molecule has 1 heterocycles. The first kappa shape index (κ1) is 16.1. The van der Waals surface area contributed by atoms with Crippen molar-refractivity contribution in [3.05, 3.63) is 77.3 Å². The minimum Gasteiger partial charge on any atom is -0.248 e. The lowest BCUT2D eigenvalue weighted by atomic mass is 9.94. The molecule has 0 radical (unpaired) electrons. The van der Waals surface area contributed by atoms with Gasteiger partial charge in [0.1, 0.15) is 0 Å². The zero-order valence-electron chi connectivity index (χ0n) is 14.5. The molecule has 124 valence electrons. The number of hydrogen-bond donors (Lipinski definition) is 0. The Kier molecular flexibility index (Phi) is 4.19. The molecule has 3 aromatic carbocycles. The lowest BCUT2D eigenvalue weighted by molar-refractivity contribution is 0.650. The van der Waals surface area contributed by atoms with E-state index < -0.39 is 0 Å². The summed E-state index contributed by atoms with van der Waals surface area (Å²) in [4.78, 5) is 4.95. The number of fused-ring (bicyclic) bond motifs is 3. The summed E-state index contributed by atoms with van der Waals surface area (Å²) in [6, 6.07) is 23.0. The zero-order valence-corrected chi connectivity index (χ0v) is 15.2. The second-order valence-corrected chi connectivity index (χ2v) is 7.39. The molecular weight excluding hydrogens is 326 g/mol. The minimum absolute atomic E-state index is 0.586. The monoisotopic (exact) mass is 345 g/mol.